The van der Waals surface area contributed by atoms with Gasteiger partial charge in [0.15, 0.2) is 4.96 Å². The highest BCUT2D eigenvalue weighted by atomic mass is 32.1. The van der Waals surface area contributed by atoms with Gasteiger partial charge in [-0.1, -0.05) is 0 Å². The molecule has 0 fully saturated rings. The van der Waals surface area contributed by atoms with Crippen LogP contribution in [-0.4, -0.2) is 37.4 Å². The second kappa shape index (κ2) is 4.68. The summed E-state index contributed by atoms with van der Waals surface area (Å²) < 4.78 is 2.02. The molecule has 4 aromatic heterocycles. The molecule has 0 spiro atoms. The normalized spacial score (nSPS) is 11.5. The van der Waals surface area contributed by atoms with E-state index in [1.54, 1.807) is 35.7 Å². The van der Waals surface area contributed by atoms with Gasteiger partial charge in [-0.2, -0.15) is 5.10 Å². The molecule has 0 saturated carbocycles. The van der Waals surface area contributed by atoms with Crippen LogP contribution in [0.3, 0.4) is 0 Å². The number of thiazole rings is 1. The number of rotatable bonds is 3. The fraction of sp³-hybridized carbons (Fsp3) is 0.154. The molecule has 0 bridgehead atoms. The van der Waals surface area contributed by atoms with Crippen LogP contribution >= 0.6 is 22.7 Å². The van der Waals surface area contributed by atoms with Gasteiger partial charge in [-0.3, -0.25) is 14.3 Å². The Morgan fingerprint density at radius 1 is 1.52 bits per heavy atom. The first-order valence-corrected chi connectivity index (χ1v) is 8.00. The monoisotopic (exact) mass is 317 g/mol. The molecule has 0 aliphatic heterocycles. The molecule has 106 valence electrons. The van der Waals surface area contributed by atoms with Crippen molar-refractivity contribution in [3.05, 3.63) is 40.5 Å². The summed E-state index contributed by atoms with van der Waals surface area (Å²) in [6, 6.07) is 1.92. The maximum Gasteiger partial charge on any atom is 0.264 e. The van der Waals surface area contributed by atoms with E-state index < -0.39 is 0 Å². The number of carbonyl (C=O) groups is 1. The smallest absolute Gasteiger partial charge is 0.264 e. The number of H-pyrrole nitrogens is 1. The Kier molecular flexibility index (Phi) is 2.79. The molecule has 0 unspecified atom stereocenters. The predicted octanol–water partition coefficient (Wildman–Crippen LogP) is 2.61. The van der Waals surface area contributed by atoms with Crippen LogP contribution in [0, 0.1) is 0 Å². The van der Waals surface area contributed by atoms with Crippen molar-refractivity contribution in [2.75, 3.05) is 7.05 Å². The van der Waals surface area contributed by atoms with E-state index in [0.29, 0.717) is 11.4 Å². The number of amides is 1. The van der Waals surface area contributed by atoms with E-state index in [1.807, 2.05) is 22.0 Å². The summed E-state index contributed by atoms with van der Waals surface area (Å²) >= 11 is 3.03. The number of nitrogens with zero attached hydrogens (tertiary/aromatic N) is 4. The molecule has 0 aromatic carbocycles. The number of hydrogen-bond donors (Lipinski definition) is 1. The molecule has 1 N–H and O–H groups in total. The minimum absolute atomic E-state index is 0.00294. The summed E-state index contributed by atoms with van der Waals surface area (Å²) in [6.45, 7) is 0.534. The van der Waals surface area contributed by atoms with Crippen LogP contribution in [0.25, 0.3) is 15.3 Å². The van der Waals surface area contributed by atoms with Crippen molar-refractivity contribution in [2.24, 2.45) is 0 Å². The van der Waals surface area contributed by atoms with E-state index in [9.17, 15) is 4.79 Å². The molecular weight excluding hydrogens is 306 g/mol. The molecule has 6 nitrogen and oxygen atoms in total. The maximum absolute atomic E-state index is 12.5. The van der Waals surface area contributed by atoms with Gasteiger partial charge >= 0.3 is 0 Å². The minimum Gasteiger partial charge on any atom is -0.337 e. The van der Waals surface area contributed by atoms with Crippen LogP contribution in [-0.2, 0) is 6.54 Å². The van der Waals surface area contributed by atoms with E-state index >= 15 is 0 Å². The number of imidazole rings is 1. The van der Waals surface area contributed by atoms with Gasteiger partial charge in [-0.15, -0.1) is 22.7 Å². The first-order valence-electron chi connectivity index (χ1n) is 6.30. The highest BCUT2D eigenvalue weighted by Gasteiger charge is 2.18. The van der Waals surface area contributed by atoms with Crippen molar-refractivity contribution < 1.29 is 4.79 Å². The van der Waals surface area contributed by atoms with Crippen LogP contribution in [0.4, 0.5) is 0 Å². The Morgan fingerprint density at radius 2 is 2.43 bits per heavy atom. The summed E-state index contributed by atoms with van der Waals surface area (Å²) in [5, 5.41) is 8.63. The zero-order valence-corrected chi connectivity index (χ0v) is 12.7. The topological polar surface area (TPSA) is 66.3 Å². The van der Waals surface area contributed by atoms with Crippen molar-refractivity contribution in [3.8, 4) is 0 Å². The van der Waals surface area contributed by atoms with Crippen LogP contribution in [0.1, 0.15) is 15.2 Å². The first kappa shape index (κ1) is 12.5. The lowest BCUT2D eigenvalue weighted by molar-refractivity contribution is 0.0790. The number of thiophene rings is 1. The average Bonchev–Trinajstić information content (AvgIpc) is 3.18. The largest absolute Gasteiger partial charge is 0.337 e. The average molecular weight is 317 g/mol. The fourth-order valence-electron chi connectivity index (χ4n) is 2.25. The van der Waals surface area contributed by atoms with Crippen LogP contribution in [0.2, 0.25) is 0 Å². The number of fused-ring (bicyclic) bond motifs is 3. The zero-order chi connectivity index (χ0) is 14.4. The molecular formula is C13H11N5OS2. The lowest BCUT2D eigenvalue weighted by atomic mass is 10.3. The van der Waals surface area contributed by atoms with Crippen molar-refractivity contribution in [1.29, 1.82) is 0 Å². The molecule has 0 atom stereocenters. The minimum atomic E-state index is 0.00294. The molecule has 0 saturated heterocycles. The Balaban J connectivity index is 1.65. The molecule has 8 heteroatoms. The van der Waals surface area contributed by atoms with Crippen molar-refractivity contribution in [1.82, 2.24) is 24.5 Å². The number of nitrogens with one attached hydrogen (secondary N) is 1. The Bertz CT molecular complexity index is 917. The number of aromatic amines is 1. The lowest BCUT2D eigenvalue weighted by Crippen LogP contribution is -2.25. The highest BCUT2D eigenvalue weighted by Crippen LogP contribution is 2.29. The van der Waals surface area contributed by atoms with Gasteiger partial charge in [0.25, 0.3) is 5.91 Å². The third-order valence-corrected chi connectivity index (χ3v) is 5.03. The molecule has 21 heavy (non-hydrogen) atoms. The quantitative estimate of drug-likeness (QED) is 0.631. The lowest BCUT2D eigenvalue weighted by Gasteiger charge is -2.14. The third kappa shape index (κ3) is 2.03. The second-order valence-corrected chi connectivity index (χ2v) is 6.64. The van der Waals surface area contributed by atoms with Gasteiger partial charge in [0.2, 0.25) is 0 Å². The van der Waals surface area contributed by atoms with Crippen molar-refractivity contribution in [3.63, 3.8) is 0 Å². The van der Waals surface area contributed by atoms with Crippen molar-refractivity contribution >= 4 is 43.9 Å². The molecule has 4 heterocycles. The second-order valence-electron chi connectivity index (χ2n) is 4.74. The van der Waals surface area contributed by atoms with Crippen LogP contribution < -0.4 is 0 Å². The highest BCUT2D eigenvalue weighted by molar-refractivity contribution is 7.21. The van der Waals surface area contributed by atoms with Gasteiger partial charge in [0.05, 0.1) is 16.6 Å². The zero-order valence-electron chi connectivity index (χ0n) is 11.1. The molecule has 0 aliphatic carbocycles. The van der Waals surface area contributed by atoms with E-state index in [1.165, 1.54) is 11.3 Å². The molecule has 0 aliphatic rings. The summed E-state index contributed by atoms with van der Waals surface area (Å²) in [5.41, 5.74) is 1.98. The van der Waals surface area contributed by atoms with E-state index in [0.717, 1.165) is 20.9 Å². The van der Waals surface area contributed by atoms with Crippen LogP contribution in [0.5, 0.6) is 0 Å². The maximum atomic E-state index is 12.5. The Morgan fingerprint density at radius 3 is 3.24 bits per heavy atom. The SMILES string of the molecule is CN(Cc1cn[nH]c1)C(=O)c1cc2c(nc3sccn32)s1. The van der Waals surface area contributed by atoms with Gasteiger partial charge in [-0.25, -0.2) is 4.98 Å². The van der Waals surface area contributed by atoms with E-state index in [2.05, 4.69) is 15.2 Å². The van der Waals surface area contributed by atoms with Gasteiger partial charge < -0.3 is 4.90 Å². The van der Waals surface area contributed by atoms with E-state index in [-0.39, 0.29) is 5.91 Å². The number of carbonyl (C=O) groups excluding carboxylic acids is 1. The molecule has 0 radical (unpaired) electrons. The Hall–Kier alpha value is -2.19. The molecule has 4 aromatic rings. The summed E-state index contributed by atoms with van der Waals surface area (Å²) in [6.07, 6.45) is 5.49. The van der Waals surface area contributed by atoms with E-state index in [4.69, 9.17) is 0 Å². The van der Waals surface area contributed by atoms with Gasteiger partial charge in [0, 0.05) is 36.9 Å². The molecule has 4 rings (SSSR count). The van der Waals surface area contributed by atoms with Crippen LogP contribution in [0.15, 0.2) is 30.0 Å². The predicted molar refractivity (Wildman–Crippen MR) is 82.8 cm³/mol. The number of hydrogen-bond acceptors (Lipinski definition) is 5. The summed E-state index contributed by atoms with van der Waals surface area (Å²) in [4.78, 5) is 21.3. The first-order chi connectivity index (χ1) is 10.2. The third-order valence-electron chi connectivity index (χ3n) is 3.27. The van der Waals surface area contributed by atoms with Crippen molar-refractivity contribution in [2.45, 2.75) is 6.54 Å². The van der Waals surface area contributed by atoms with Gasteiger partial charge in [-0.05, 0) is 6.07 Å². The summed E-state index contributed by atoms with van der Waals surface area (Å²) in [5.74, 6) is 0.00294. The Labute approximate surface area is 127 Å². The standard InChI is InChI=1S/C13H11N5OS2/c1-17(7-8-5-14-15-6-8)12(19)10-4-9-11(21-10)16-13-18(9)2-3-20-13/h2-6H,7H2,1H3,(H,14,15). The number of aromatic nitrogens is 4. The fourth-order valence-corrected chi connectivity index (χ4v) is 4.05. The molecule has 1 amide bonds. The van der Waals surface area contributed by atoms with Gasteiger partial charge in [0.1, 0.15) is 4.83 Å². The summed E-state index contributed by atoms with van der Waals surface area (Å²) in [7, 11) is 1.79.